The maximum atomic E-state index is 5.79. The fourth-order valence-electron chi connectivity index (χ4n) is 2.58. The molecule has 2 aromatic carbocycles. The summed E-state index contributed by atoms with van der Waals surface area (Å²) in [5, 5.41) is 0. The number of methoxy groups -OCH3 is 1. The van der Waals surface area contributed by atoms with Crippen LogP contribution in [-0.2, 0) is 6.42 Å². The molecule has 3 nitrogen and oxygen atoms in total. The summed E-state index contributed by atoms with van der Waals surface area (Å²) in [5.74, 6) is 7.27. The third kappa shape index (κ3) is 4.06. The van der Waals surface area contributed by atoms with Gasteiger partial charge in [0.1, 0.15) is 5.75 Å². The summed E-state index contributed by atoms with van der Waals surface area (Å²) in [4.78, 5) is 0. The maximum absolute atomic E-state index is 5.79. The standard InChI is InChI=1S/C18H24N2O/c1-13(2)10-14-6-4-7-15(11-14)18(20-19)16-8-5-9-17(12-16)21-3/h4-9,11-13,18,20H,10,19H2,1-3H3. The molecule has 0 spiro atoms. The second kappa shape index (κ2) is 7.25. The van der Waals surface area contributed by atoms with Crippen LogP contribution < -0.4 is 16.0 Å². The second-order valence-corrected chi connectivity index (χ2v) is 5.72. The summed E-state index contributed by atoms with van der Waals surface area (Å²) in [7, 11) is 1.67. The van der Waals surface area contributed by atoms with E-state index < -0.39 is 0 Å². The minimum absolute atomic E-state index is 0.0350. The zero-order chi connectivity index (χ0) is 15.2. The van der Waals surface area contributed by atoms with E-state index in [-0.39, 0.29) is 6.04 Å². The predicted octanol–water partition coefficient (Wildman–Crippen LogP) is 3.45. The molecule has 2 rings (SSSR count). The summed E-state index contributed by atoms with van der Waals surface area (Å²) >= 11 is 0. The molecule has 2 aromatic rings. The van der Waals surface area contributed by atoms with Crippen molar-refractivity contribution in [2.45, 2.75) is 26.3 Å². The van der Waals surface area contributed by atoms with Gasteiger partial charge in [0, 0.05) is 0 Å². The lowest BCUT2D eigenvalue weighted by atomic mass is 9.95. The molecule has 0 aliphatic carbocycles. The van der Waals surface area contributed by atoms with Crippen molar-refractivity contribution in [1.82, 2.24) is 5.43 Å². The summed E-state index contributed by atoms with van der Waals surface area (Å²) in [5.41, 5.74) is 6.52. The third-order valence-electron chi connectivity index (χ3n) is 3.52. The number of hydrogen-bond acceptors (Lipinski definition) is 3. The van der Waals surface area contributed by atoms with E-state index in [2.05, 4.69) is 49.6 Å². The Labute approximate surface area is 127 Å². The highest BCUT2D eigenvalue weighted by atomic mass is 16.5. The molecular weight excluding hydrogens is 260 g/mol. The van der Waals surface area contributed by atoms with Crippen LogP contribution in [-0.4, -0.2) is 7.11 Å². The molecule has 1 unspecified atom stereocenters. The van der Waals surface area contributed by atoms with E-state index in [0.29, 0.717) is 5.92 Å². The molecule has 0 saturated heterocycles. The molecule has 0 fully saturated rings. The van der Waals surface area contributed by atoms with Crippen LogP contribution in [0.4, 0.5) is 0 Å². The molecule has 0 bridgehead atoms. The maximum Gasteiger partial charge on any atom is 0.119 e. The Hall–Kier alpha value is -1.84. The largest absolute Gasteiger partial charge is 0.497 e. The van der Waals surface area contributed by atoms with Gasteiger partial charge >= 0.3 is 0 Å². The van der Waals surface area contributed by atoms with Gasteiger partial charge in [-0.1, -0.05) is 50.2 Å². The molecule has 21 heavy (non-hydrogen) atoms. The van der Waals surface area contributed by atoms with Crippen LogP contribution in [0.2, 0.25) is 0 Å². The highest BCUT2D eigenvalue weighted by Crippen LogP contribution is 2.25. The number of nitrogens with two attached hydrogens (primary N) is 1. The van der Waals surface area contributed by atoms with E-state index in [1.807, 2.05) is 18.2 Å². The molecule has 112 valence electrons. The molecule has 0 aromatic heterocycles. The summed E-state index contributed by atoms with van der Waals surface area (Å²) in [6, 6.07) is 16.6. The topological polar surface area (TPSA) is 47.3 Å². The molecule has 0 saturated carbocycles. The first-order valence-corrected chi connectivity index (χ1v) is 7.33. The molecule has 3 N–H and O–H groups in total. The zero-order valence-corrected chi connectivity index (χ0v) is 13.0. The van der Waals surface area contributed by atoms with Gasteiger partial charge in [-0.15, -0.1) is 0 Å². The average Bonchev–Trinajstić information content (AvgIpc) is 2.48. The number of benzene rings is 2. The summed E-state index contributed by atoms with van der Waals surface area (Å²) in [6.45, 7) is 4.46. The first kappa shape index (κ1) is 15.5. The van der Waals surface area contributed by atoms with Crippen molar-refractivity contribution in [2.24, 2.45) is 11.8 Å². The van der Waals surface area contributed by atoms with Crippen molar-refractivity contribution in [3.63, 3.8) is 0 Å². The predicted molar refractivity (Wildman–Crippen MR) is 87.1 cm³/mol. The Morgan fingerprint density at radius 2 is 1.71 bits per heavy atom. The number of nitrogens with one attached hydrogen (secondary N) is 1. The van der Waals surface area contributed by atoms with Gasteiger partial charge < -0.3 is 4.74 Å². The van der Waals surface area contributed by atoms with Crippen LogP contribution in [0.25, 0.3) is 0 Å². The van der Waals surface area contributed by atoms with Crippen LogP contribution in [0.1, 0.15) is 36.6 Å². The SMILES string of the molecule is COc1cccc(C(NN)c2cccc(CC(C)C)c2)c1. The van der Waals surface area contributed by atoms with Gasteiger partial charge in [0.05, 0.1) is 13.2 Å². The lowest BCUT2D eigenvalue weighted by molar-refractivity contribution is 0.413. The summed E-state index contributed by atoms with van der Waals surface area (Å²) in [6.07, 6.45) is 1.07. The van der Waals surface area contributed by atoms with Crippen molar-refractivity contribution in [2.75, 3.05) is 7.11 Å². The molecule has 0 heterocycles. The van der Waals surface area contributed by atoms with E-state index in [9.17, 15) is 0 Å². The van der Waals surface area contributed by atoms with Gasteiger partial charge in [0.25, 0.3) is 0 Å². The van der Waals surface area contributed by atoms with Crippen LogP contribution >= 0.6 is 0 Å². The first-order valence-electron chi connectivity index (χ1n) is 7.33. The minimum Gasteiger partial charge on any atom is -0.497 e. The smallest absolute Gasteiger partial charge is 0.119 e. The van der Waals surface area contributed by atoms with Crippen LogP contribution in [0.15, 0.2) is 48.5 Å². The fraction of sp³-hybridized carbons (Fsp3) is 0.333. The number of hydrazine groups is 1. The van der Waals surface area contributed by atoms with Crippen LogP contribution in [0.5, 0.6) is 5.75 Å². The van der Waals surface area contributed by atoms with Crippen molar-refractivity contribution < 1.29 is 4.74 Å². The van der Waals surface area contributed by atoms with E-state index in [0.717, 1.165) is 17.7 Å². The van der Waals surface area contributed by atoms with Crippen LogP contribution in [0, 0.1) is 5.92 Å². The highest BCUT2D eigenvalue weighted by molar-refractivity contribution is 5.38. The van der Waals surface area contributed by atoms with Gasteiger partial charge in [-0.25, -0.2) is 5.43 Å². The molecule has 1 atom stereocenters. The van der Waals surface area contributed by atoms with E-state index in [4.69, 9.17) is 10.6 Å². The number of ether oxygens (including phenoxy) is 1. The van der Waals surface area contributed by atoms with E-state index >= 15 is 0 Å². The minimum atomic E-state index is -0.0350. The van der Waals surface area contributed by atoms with Crippen molar-refractivity contribution in [3.8, 4) is 5.75 Å². The lowest BCUT2D eigenvalue weighted by Crippen LogP contribution is -2.28. The molecule has 0 radical (unpaired) electrons. The number of hydrogen-bond donors (Lipinski definition) is 2. The monoisotopic (exact) mass is 284 g/mol. The molecule has 0 aliphatic rings. The van der Waals surface area contributed by atoms with Crippen molar-refractivity contribution in [3.05, 3.63) is 65.2 Å². The second-order valence-electron chi connectivity index (χ2n) is 5.72. The van der Waals surface area contributed by atoms with Gasteiger partial charge in [0.2, 0.25) is 0 Å². The Bertz CT molecular complexity index is 581. The van der Waals surface area contributed by atoms with Gasteiger partial charge in [-0.05, 0) is 41.2 Å². The normalized spacial score (nSPS) is 12.4. The molecule has 3 heteroatoms. The van der Waals surface area contributed by atoms with Crippen LogP contribution in [0.3, 0.4) is 0 Å². The Morgan fingerprint density at radius 1 is 1.05 bits per heavy atom. The number of rotatable bonds is 6. The van der Waals surface area contributed by atoms with E-state index in [1.54, 1.807) is 7.11 Å². The lowest BCUT2D eigenvalue weighted by Gasteiger charge is -2.19. The van der Waals surface area contributed by atoms with Gasteiger partial charge in [0.15, 0.2) is 0 Å². The fourth-order valence-corrected chi connectivity index (χ4v) is 2.58. The Balaban J connectivity index is 2.32. The quantitative estimate of drug-likeness (QED) is 0.631. The Morgan fingerprint density at radius 3 is 2.33 bits per heavy atom. The molecule has 0 amide bonds. The van der Waals surface area contributed by atoms with E-state index in [1.165, 1.54) is 11.1 Å². The third-order valence-corrected chi connectivity index (χ3v) is 3.52. The van der Waals surface area contributed by atoms with Crippen molar-refractivity contribution >= 4 is 0 Å². The van der Waals surface area contributed by atoms with Crippen molar-refractivity contribution in [1.29, 1.82) is 0 Å². The zero-order valence-electron chi connectivity index (χ0n) is 13.0. The average molecular weight is 284 g/mol. The first-order chi connectivity index (χ1) is 10.1. The molecular formula is C18H24N2O. The highest BCUT2D eigenvalue weighted by Gasteiger charge is 2.13. The summed E-state index contributed by atoms with van der Waals surface area (Å²) < 4.78 is 5.29. The Kier molecular flexibility index (Phi) is 5.37. The van der Waals surface area contributed by atoms with Gasteiger partial charge in [-0.2, -0.15) is 0 Å². The van der Waals surface area contributed by atoms with Gasteiger partial charge in [-0.3, -0.25) is 5.84 Å². The molecule has 0 aliphatic heterocycles.